The first-order valence-corrected chi connectivity index (χ1v) is 13.3. The third kappa shape index (κ3) is 6.88. The van der Waals surface area contributed by atoms with Crippen LogP contribution in [-0.4, -0.2) is 45.9 Å². The highest BCUT2D eigenvalue weighted by Gasteiger charge is 2.47. The van der Waals surface area contributed by atoms with Crippen LogP contribution in [0.15, 0.2) is 59.7 Å². The van der Waals surface area contributed by atoms with Gasteiger partial charge in [0, 0.05) is 19.6 Å². The Bertz CT molecular complexity index is 1350. The highest BCUT2D eigenvalue weighted by atomic mass is 19.4. The van der Waals surface area contributed by atoms with Crippen molar-refractivity contribution in [2.24, 2.45) is 0 Å². The summed E-state index contributed by atoms with van der Waals surface area (Å²) in [6.07, 6.45) is -10.2. The Hall–Kier alpha value is -3.20. The van der Waals surface area contributed by atoms with Crippen LogP contribution < -0.4 is 11.0 Å². The number of benzene rings is 2. The van der Waals surface area contributed by atoms with Crippen LogP contribution in [0.1, 0.15) is 61.5 Å². The largest absolute Gasteiger partial charge is 0.416 e. The van der Waals surface area contributed by atoms with Crippen molar-refractivity contribution in [1.29, 1.82) is 0 Å². The SMILES string of the molecule is CCOC(O)C[C@]1(n2cn[nH]c2=O)CC[C@@](CO[C@H](C)c2cc(C(F)(F)F)cc(C(F)(F)F)c2)(c2ccccc2)NC1. The molecule has 2 heterocycles. The van der Waals surface area contributed by atoms with Gasteiger partial charge in [-0.05, 0) is 56.0 Å². The molecular formula is C28H32F6N4O4. The second-order valence-corrected chi connectivity index (χ2v) is 10.5. The molecule has 4 rings (SSSR count). The fraction of sp³-hybridized carbons (Fsp3) is 0.500. The van der Waals surface area contributed by atoms with E-state index in [2.05, 4.69) is 15.5 Å². The molecule has 4 atom stereocenters. The lowest BCUT2D eigenvalue weighted by Gasteiger charge is -2.48. The number of hydrogen-bond donors (Lipinski definition) is 3. The summed E-state index contributed by atoms with van der Waals surface area (Å²) in [6.45, 7) is 3.40. The molecule has 1 saturated heterocycles. The molecule has 0 saturated carbocycles. The summed E-state index contributed by atoms with van der Waals surface area (Å²) in [4.78, 5) is 12.6. The van der Waals surface area contributed by atoms with Crippen molar-refractivity contribution in [3.05, 3.63) is 87.6 Å². The zero-order chi connectivity index (χ0) is 30.8. The molecule has 3 aromatic rings. The number of nitrogens with zero attached hydrogens (tertiary/aromatic N) is 2. The van der Waals surface area contributed by atoms with Crippen LogP contribution >= 0.6 is 0 Å². The number of aromatic nitrogens is 3. The fourth-order valence-electron chi connectivity index (χ4n) is 5.38. The topological polar surface area (TPSA) is 101 Å². The van der Waals surface area contributed by atoms with Crippen LogP contribution in [0.2, 0.25) is 0 Å². The Morgan fingerprint density at radius 2 is 1.67 bits per heavy atom. The summed E-state index contributed by atoms with van der Waals surface area (Å²) in [7, 11) is 0. The lowest BCUT2D eigenvalue weighted by atomic mass is 9.75. The summed E-state index contributed by atoms with van der Waals surface area (Å²) >= 11 is 0. The number of alkyl halides is 6. The molecule has 1 unspecified atom stereocenters. The van der Waals surface area contributed by atoms with Gasteiger partial charge in [0.25, 0.3) is 0 Å². The second-order valence-electron chi connectivity index (χ2n) is 10.5. The van der Waals surface area contributed by atoms with Crippen molar-refractivity contribution in [2.45, 2.75) is 68.9 Å². The van der Waals surface area contributed by atoms with Gasteiger partial charge in [0.05, 0.1) is 34.9 Å². The second kappa shape index (κ2) is 12.2. The minimum Gasteiger partial charge on any atom is -0.372 e. The van der Waals surface area contributed by atoms with Crippen molar-refractivity contribution in [2.75, 3.05) is 19.8 Å². The summed E-state index contributed by atoms with van der Waals surface area (Å²) in [5, 5.41) is 20.1. The fourth-order valence-corrected chi connectivity index (χ4v) is 5.38. The molecular weight excluding hydrogens is 570 g/mol. The molecule has 230 valence electrons. The van der Waals surface area contributed by atoms with Crippen molar-refractivity contribution in [1.82, 2.24) is 20.1 Å². The Kier molecular flexibility index (Phi) is 9.21. The molecule has 14 heteroatoms. The number of piperidine rings is 1. The molecule has 42 heavy (non-hydrogen) atoms. The van der Waals surface area contributed by atoms with E-state index in [0.29, 0.717) is 25.0 Å². The van der Waals surface area contributed by atoms with Crippen LogP contribution in [0.4, 0.5) is 26.3 Å². The first-order valence-electron chi connectivity index (χ1n) is 13.3. The van der Waals surface area contributed by atoms with E-state index in [-0.39, 0.29) is 37.8 Å². The number of aliphatic hydroxyl groups is 1. The van der Waals surface area contributed by atoms with Gasteiger partial charge in [-0.15, -0.1) is 0 Å². The number of ether oxygens (including phenoxy) is 2. The maximum absolute atomic E-state index is 13.4. The average molecular weight is 603 g/mol. The summed E-state index contributed by atoms with van der Waals surface area (Å²) < 4.78 is 93.4. The summed E-state index contributed by atoms with van der Waals surface area (Å²) in [6, 6.07) is 10.5. The number of H-pyrrole nitrogens is 1. The first kappa shape index (κ1) is 31.7. The predicted molar refractivity (Wildman–Crippen MR) is 139 cm³/mol. The van der Waals surface area contributed by atoms with Gasteiger partial charge in [0.1, 0.15) is 6.33 Å². The van der Waals surface area contributed by atoms with Gasteiger partial charge in [-0.2, -0.15) is 31.4 Å². The molecule has 0 bridgehead atoms. The molecule has 0 radical (unpaired) electrons. The maximum atomic E-state index is 13.4. The van der Waals surface area contributed by atoms with Crippen LogP contribution in [0.3, 0.4) is 0 Å². The molecule has 2 aromatic carbocycles. The standard InChI is InChI=1S/C28H32F6N4O4/c1-3-41-23(39)14-25(38-17-36-37-24(38)40)9-10-26(35-15-25,20-7-5-4-6-8-20)16-42-18(2)19-11-21(27(29,30)31)13-22(12-19)28(32,33)34/h4-8,11-13,17-18,23,35,39H,3,9-10,14-16H2,1-2H3,(H,37,40)/t18-,23?,25-,26-/m1/s1. The normalized spacial score (nSPS) is 23.1. The quantitative estimate of drug-likeness (QED) is 0.221. The van der Waals surface area contributed by atoms with E-state index in [4.69, 9.17) is 9.47 Å². The number of rotatable bonds is 10. The Balaban J connectivity index is 1.64. The van der Waals surface area contributed by atoms with E-state index in [0.717, 1.165) is 5.56 Å². The van der Waals surface area contributed by atoms with Crippen molar-refractivity contribution in [3.63, 3.8) is 0 Å². The van der Waals surface area contributed by atoms with Crippen LogP contribution in [0.5, 0.6) is 0 Å². The lowest BCUT2D eigenvalue weighted by molar-refractivity contribution is -0.143. The average Bonchev–Trinajstić information content (AvgIpc) is 3.38. The van der Waals surface area contributed by atoms with Crippen molar-refractivity contribution < 1.29 is 40.9 Å². The van der Waals surface area contributed by atoms with Crippen molar-refractivity contribution >= 4 is 0 Å². The maximum Gasteiger partial charge on any atom is 0.416 e. The Morgan fingerprint density at radius 1 is 1.02 bits per heavy atom. The smallest absolute Gasteiger partial charge is 0.372 e. The number of aromatic amines is 1. The zero-order valence-corrected chi connectivity index (χ0v) is 22.9. The molecule has 0 amide bonds. The van der Waals surface area contributed by atoms with E-state index in [1.165, 1.54) is 17.8 Å². The van der Waals surface area contributed by atoms with Gasteiger partial charge in [0.2, 0.25) is 0 Å². The number of aliphatic hydroxyl groups excluding tert-OH is 1. The van der Waals surface area contributed by atoms with E-state index >= 15 is 0 Å². The van der Waals surface area contributed by atoms with Gasteiger partial charge in [-0.3, -0.25) is 4.57 Å². The van der Waals surface area contributed by atoms with Gasteiger partial charge in [-0.1, -0.05) is 30.3 Å². The molecule has 1 fully saturated rings. The number of halogens is 6. The minimum absolute atomic E-state index is 0.0554. The first-order chi connectivity index (χ1) is 19.7. The monoisotopic (exact) mass is 602 g/mol. The Labute approximate surface area is 237 Å². The molecule has 0 spiro atoms. The van der Waals surface area contributed by atoms with E-state index in [9.17, 15) is 36.2 Å². The minimum atomic E-state index is -4.98. The van der Waals surface area contributed by atoms with E-state index in [1.807, 2.05) is 12.1 Å². The lowest BCUT2D eigenvalue weighted by Crippen LogP contribution is -2.61. The van der Waals surface area contributed by atoms with Gasteiger partial charge >= 0.3 is 18.0 Å². The van der Waals surface area contributed by atoms with Gasteiger partial charge in [-0.25, -0.2) is 9.89 Å². The predicted octanol–water partition coefficient (Wildman–Crippen LogP) is 5.11. The molecule has 0 aliphatic carbocycles. The van der Waals surface area contributed by atoms with Gasteiger partial charge in [0.15, 0.2) is 6.29 Å². The molecule has 1 aliphatic heterocycles. The van der Waals surface area contributed by atoms with E-state index < -0.39 is 52.6 Å². The van der Waals surface area contributed by atoms with E-state index in [1.54, 1.807) is 25.1 Å². The molecule has 3 N–H and O–H groups in total. The van der Waals surface area contributed by atoms with Gasteiger partial charge < -0.3 is 19.9 Å². The van der Waals surface area contributed by atoms with Crippen molar-refractivity contribution in [3.8, 4) is 0 Å². The number of hydrogen-bond acceptors (Lipinski definition) is 6. The third-order valence-electron chi connectivity index (χ3n) is 7.74. The number of nitrogens with one attached hydrogen (secondary N) is 2. The Morgan fingerprint density at radius 3 is 2.17 bits per heavy atom. The van der Waals surface area contributed by atoms with Crippen LogP contribution in [0, 0.1) is 0 Å². The summed E-state index contributed by atoms with van der Waals surface area (Å²) in [5.74, 6) is 0. The highest BCUT2D eigenvalue weighted by Crippen LogP contribution is 2.42. The van der Waals surface area contributed by atoms with Crippen LogP contribution in [0.25, 0.3) is 0 Å². The molecule has 1 aliphatic rings. The third-order valence-corrected chi connectivity index (χ3v) is 7.74. The van der Waals surface area contributed by atoms with Crippen LogP contribution in [-0.2, 0) is 32.9 Å². The highest BCUT2D eigenvalue weighted by molar-refractivity contribution is 5.35. The molecule has 1 aromatic heterocycles. The molecule has 8 nitrogen and oxygen atoms in total. The zero-order valence-electron chi connectivity index (χ0n) is 22.9. The summed E-state index contributed by atoms with van der Waals surface area (Å²) in [5.41, 5.74) is -4.68.